The van der Waals surface area contributed by atoms with E-state index in [2.05, 4.69) is 30.7 Å². The van der Waals surface area contributed by atoms with Crippen LogP contribution in [0.15, 0.2) is 66.2 Å². The molecule has 4 aromatic rings. The first-order chi connectivity index (χ1) is 18.5. The lowest BCUT2D eigenvalue weighted by atomic mass is 9.84. The van der Waals surface area contributed by atoms with Crippen LogP contribution in [0.4, 0.5) is 5.95 Å². The van der Waals surface area contributed by atoms with Crippen molar-refractivity contribution in [2.45, 2.75) is 39.2 Å². The molecular weight excluding hydrogens is 494 g/mol. The van der Waals surface area contributed by atoms with Gasteiger partial charge in [-0.25, -0.2) is 4.98 Å². The maximum absolute atomic E-state index is 13.6. The summed E-state index contributed by atoms with van der Waals surface area (Å²) >= 11 is 0. The number of nitrogens with zero attached hydrogens (tertiary/aromatic N) is 2. The molecule has 1 fully saturated rings. The number of imidazole rings is 1. The molecule has 1 atom stereocenters. The summed E-state index contributed by atoms with van der Waals surface area (Å²) in [6.07, 6.45) is 0. The highest BCUT2D eigenvalue weighted by Crippen LogP contribution is 2.43. The summed E-state index contributed by atoms with van der Waals surface area (Å²) in [5.74, 6) is -0.451. The third-order valence-corrected chi connectivity index (χ3v) is 7.12. The van der Waals surface area contributed by atoms with Crippen LogP contribution in [0.3, 0.4) is 0 Å². The topological polar surface area (TPSA) is 105 Å². The molecule has 8 nitrogen and oxygen atoms in total. The summed E-state index contributed by atoms with van der Waals surface area (Å²) in [7, 11) is 3.11. The Morgan fingerprint density at radius 1 is 0.974 bits per heavy atom. The molecule has 0 aliphatic carbocycles. The van der Waals surface area contributed by atoms with Crippen molar-refractivity contribution in [1.82, 2.24) is 9.97 Å². The lowest BCUT2D eigenvalue weighted by molar-refractivity contribution is -0.132. The fraction of sp³-hybridized carbons (Fsp3) is 0.258. The van der Waals surface area contributed by atoms with Crippen LogP contribution in [0.5, 0.6) is 11.5 Å². The Bertz CT molecular complexity index is 1640. The van der Waals surface area contributed by atoms with Crippen LogP contribution in [-0.2, 0) is 15.0 Å². The number of aryl methyl sites for hydroxylation is 1. The lowest BCUT2D eigenvalue weighted by Gasteiger charge is -2.24. The van der Waals surface area contributed by atoms with E-state index in [0.717, 1.165) is 11.1 Å². The zero-order valence-corrected chi connectivity index (χ0v) is 22.8. The minimum absolute atomic E-state index is 0.0135. The Balaban J connectivity index is 1.75. The summed E-state index contributed by atoms with van der Waals surface area (Å²) in [6, 6.07) is 17.3. The Labute approximate surface area is 226 Å². The van der Waals surface area contributed by atoms with Crippen molar-refractivity contribution >= 4 is 34.4 Å². The smallest absolute Gasteiger partial charge is 0.302 e. The second kappa shape index (κ2) is 9.62. The fourth-order valence-corrected chi connectivity index (χ4v) is 4.88. The third-order valence-electron chi connectivity index (χ3n) is 7.12. The number of hydrogen-bond donors (Lipinski definition) is 2. The molecule has 1 aliphatic heterocycles. The van der Waals surface area contributed by atoms with Gasteiger partial charge < -0.3 is 19.6 Å². The summed E-state index contributed by atoms with van der Waals surface area (Å²) in [5.41, 5.74) is 3.92. The number of Topliss-reactive ketones (excluding diaryl/α,β-unsaturated/α-hetero) is 1. The van der Waals surface area contributed by atoms with Gasteiger partial charge in [0.05, 0.1) is 36.9 Å². The number of rotatable bonds is 5. The summed E-state index contributed by atoms with van der Waals surface area (Å²) in [4.78, 5) is 36.3. The van der Waals surface area contributed by atoms with Gasteiger partial charge in [-0.05, 0) is 59.4 Å². The van der Waals surface area contributed by atoms with E-state index in [1.54, 1.807) is 56.7 Å². The summed E-state index contributed by atoms with van der Waals surface area (Å²) < 4.78 is 10.7. The summed E-state index contributed by atoms with van der Waals surface area (Å²) in [5, 5.41) is 11.7. The Hall–Kier alpha value is -4.59. The molecule has 0 bridgehead atoms. The number of aliphatic hydroxyl groups is 1. The van der Waals surface area contributed by atoms with Crippen molar-refractivity contribution in [3.05, 3.63) is 88.5 Å². The maximum atomic E-state index is 13.6. The molecule has 1 saturated heterocycles. The minimum Gasteiger partial charge on any atom is -0.507 e. The van der Waals surface area contributed by atoms with Gasteiger partial charge in [0.2, 0.25) is 5.95 Å². The molecule has 200 valence electrons. The first-order valence-electron chi connectivity index (χ1n) is 12.6. The van der Waals surface area contributed by atoms with E-state index in [1.165, 1.54) is 4.90 Å². The monoisotopic (exact) mass is 525 g/mol. The van der Waals surface area contributed by atoms with Crippen molar-refractivity contribution in [3.8, 4) is 11.5 Å². The molecule has 1 unspecified atom stereocenters. The maximum Gasteiger partial charge on any atom is 0.302 e. The molecule has 1 aromatic heterocycles. The number of fused-ring (bicyclic) bond motifs is 1. The molecule has 1 amide bonds. The first kappa shape index (κ1) is 26.0. The molecule has 5 rings (SSSR count). The molecule has 0 spiro atoms. The molecule has 2 N–H and O–H groups in total. The van der Waals surface area contributed by atoms with E-state index in [-0.39, 0.29) is 22.7 Å². The van der Waals surface area contributed by atoms with Crippen LogP contribution >= 0.6 is 0 Å². The van der Waals surface area contributed by atoms with Crippen LogP contribution in [0.25, 0.3) is 16.8 Å². The van der Waals surface area contributed by atoms with E-state index < -0.39 is 17.7 Å². The molecule has 0 saturated carbocycles. The van der Waals surface area contributed by atoms with Gasteiger partial charge in [0.15, 0.2) is 0 Å². The average Bonchev–Trinajstić information content (AvgIpc) is 3.45. The highest BCUT2D eigenvalue weighted by Gasteiger charge is 2.48. The van der Waals surface area contributed by atoms with E-state index >= 15 is 0 Å². The number of carbonyl (C=O) groups is 2. The zero-order chi connectivity index (χ0) is 28.1. The molecule has 3 aromatic carbocycles. The van der Waals surface area contributed by atoms with Crippen LogP contribution in [-0.4, -0.2) is 41.0 Å². The first-order valence-corrected chi connectivity index (χ1v) is 12.6. The van der Waals surface area contributed by atoms with Crippen molar-refractivity contribution in [2.75, 3.05) is 19.1 Å². The quantitative estimate of drug-likeness (QED) is 0.194. The van der Waals surface area contributed by atoms with Crippen LogP contribution in [0.2, 0.25) is 0 Å². The van der Waals surface area contributed by atoms with Crippen molar-refractivity contribution in [2.24, 2.45) is 0 Å². The third kappa shape index (κ3) is 4.52. The van der Waals surface area contributed by atoms with Crippen molar-refractivity contribution in [3.63, 3.8) is 0 Å². The lowest BCUT2D eigenvalue weighted by Crippen LogP contribution is -2.30. The highest BCUT2D eigenvalue weighted by molar-refractivity contribution is 6.51. The predicted octanol–water partition coefficient (Wildman–Crippen LogP) is 5.81. The molecule has 2 heterocycles. The van der Waals surface area contributed by atoms with Crippen molar-refractivity contribution < 1.29 is 24.2 Å². The van der Waals surface area contributed by atoms with Crippen LogP contribution in [0, 0.1) is 6.92 Å². The number of benzene rings is 3. The number of ketones is 1. The largest absolute Gasteiger partial charge is 0.507 e. The number of methoxy groups -OCH3 is 2. The van der Waals surface area contributed by atoms with Crippen LogP contribution in [0.1, 0.15) is 49.1 Å². The Morgan fingerprint density at radius 3 is 2.38 bits per heavy atom. The zero-order valence-electron chi connectivity index (χ0n) is 22.8. The predicted molar refractivity (Wildman–Crippen MR) is 150 cm³/mol. The highest BCUT2D eigenvalue weighted by atomic mass is 16.5. The number of amides is 1. The number of carbonyl (C=O) groups excluding carboxylic acids is 2. The van der Waals surface area contributed by atoms with E-state index in [4.69, 9.17) is 9.47 Å². The summed E-state index contributed by atoms with van der Waals surface area (Å²) in [6.45, 7) is 8.10. The Kier molecular flexibility index (Phi) is 6.42. The molecule has 1 aliphatic rings. The number of ether oxygens (including phenoxy) is 2. The number of H-pyrrole nitrogens is 1. The second-order valence-electron chi connectivity index (χ2n) is 10.7. The minimum atomic E-state index is -0.944. The average molecular weight is 526 g/mol. The number of anilines is 1. The van der Waals surface area contributed by atoms with E-state index in [0.29, 0.717) is 33.7 Å². The van der Waals surface area contributed by atoms with Gasteiger partial charge in [0.1, 0.15) is 17.3 Å². The van der Waals surface area contributed by atoms with Gasteiger partial charge in [-0.3, -0.25) is 14.5 Å². The SMILES string of the molecule is COc1cccc(C2/C(=C(\O)c3cc(C(C)(C)C)ccc3C)C(=O)C(=O)N2c2nc3ccc(OC)cc3[nH]2)c1. The molecule has 0 radical (unpaired) electrons. The number of nitrogens with one attached hydrogen (secondary N) is 1. The van der Waals surface area contributed by atoms with Gasteiger partial charge in [-0.15, -0.1) is 0 Å². The van der Waals surface area contributed by atoms with Gasteiger partial charge >= 0.3 is 5.91 Å². The molecule has 39 heavy (non-hydrogen) atoms. The normalized spacial score (nSPS) is 17.2. The van der Waals surface area contributed by atoms with Gasteiger partial charge in [-0.1, -0.05) is 45.0 Å². The standard InChI is InChI=1S/C31H31N3O5/c1-17-10-11-19(31(2,3)4)15-22(17)27(35)25-26(18-8-7-9-20(14-18)38-5)34(29(37)28(25)36)30-32-23-13-12-21(39-6)16-24(23)33-30/h7-16,26,35H,1-6H3,(H,32,33)/b27-25+. The van der Waals surface area contributed by atoms with E-state index in [9.17, 15) is 14.7 Å². The number of aromatic nitrogens is 2. The van der Waals surface area contributed by atoms with Gasteiger partial charge in [-0.2, -0.15) is 0 Å². The number of aliphatic hydroxyl groups excluding tert-OH is 1. The second-order valence-corrected chi connectivity index (χ2v) is 10.7. The van der Waals surface area contributed by atoms with Crippen molar-refractivity contribution in [1.29, 1.82) is 0 Å². The Morgan fingerprint density at radius 2 is 1.69 bits per heavy atom. The van der Waals surface area contributed by atoms with E-state index in [1.807, 2.05) is 25.1 Å². The fourth-order valence-electron chi connectivity index (χ4n) is 4.88. The van der Waals surface area contributed by atoms with Crippen LogP contribution < -0.4 is 14.4 Å². The van der Waals surface area contributed by atoms with Gasteiger partial charge in [0, 0.05) is 11.6 Å². The molecular formula is C31H31N3O5. The molecule has 8 heteroatoms. The van der Waals surface area contributed by atoms with Gasteiger partial charge in [0.25, 0.3) is 5.78 Å². The number of hydrogen-bond acceptors (Lipinski definition) is 6. The number of aromatic amines is 1.